The topological polar surface area (TPSA) is 92.4 Å². The first-order chi connectivity index (χ1) is 16.4. The molecule has 3 fully saturated rings. The molecule has 5 rings (SSSR count). The molecule has 2 saturated heterocycles. The quantitative estimate of drug-likeness (QED) is 0.608. The van der Waals surface area contributed by atoms with Crippen LogP contribution in [0.4, 0.5) is 0 Å². The third-order valence-corrected chi connectivity index (χ3v) is 8.03. The SMILES string of the molecule is CC(C)C1N=C(N2CCC(C3CC3(N)CCOc3ccc(CC(=O)N4CCC4)cc3)CC2)ON1. The standard InChI is InChI=1S/C26H39N5O3/c1-18(2)24-28-25(34-29-24)31-13-8-20(9-14-31)22-17-26(22,27)10-15-33-21-6-4-19(5-7-21)16-23(32)30-11-3-12-30/h4-7,18,20,22,24,29H,3,8-17,27H2,1-2H3. The lowest BCUT2D eigenvalue weighted by molar-refractivity contribution is -0.133. The monoisotopic (exact) mass is 469 g/mol. The lowest BCUT2D eigenvalue weighted by Gasteiger charge is -2.32. The first-order valence-corrected chi connectivity index (χ1v) is 12.9. The summed E-state index contributed by atoms with van der Waals surface area (Å²) in [7, 11) is 0. The number of rotatable bonds is 8. The number of amides is 1. The Labute approximate surface area is 202 Å². The molecule has 8 nitrogen and oxygen atoms in total. The number of likely N-dealkylation sites (tertiary alicyclic amines) is 2. The number of hydrogen-bond donors (Lipinski definition) is 2. The van der Waals surface area contributed by atoms with E-state index in [-0.39, 0.29) is 17.6 Å². The van der Waals surface area contributed by atoms with Crippen LogP contribution >= 0.6 is 0 Å². The molecule has 1 saturated carbocycles. The zero-order valence-electron chi connectivity index (χ0n) is 20.5. The highest BCUT2D eigenvalue weighted by Crippen LogP contribution is 2.51. The second-order valence-corrected chi connectivity index (χ2v) is 10.8. The van der Waals surface area contributed by atoms with Crippen LogP contribution in [0.2, 0.25) is 0 Å². The minimum absolute atomic E-state index is 0.0527. The number of nitrogens with zero attached hydrogens (tertiary/aromatic N) is 3. The second-order valence-electron chi connectivity index (χ2n) is 10.8. The Morgan fingerprint density at radius 3 is 2.59 bits per heavy atom. The Hall–Kier alpha value is -2.32. The molecule has 34 heavy (non-hydrogen) atoms. The number of hydrogen-bond acceptors (Lipinski definition) is 7. The Bertz CT molecular complexity index is 892. The van der Waals surface area contributed by atoms with E-state index in [0.29, 0.717) is 30.8 Å². The molecule has 4 aliphatic rings. The van der Waals surface area contributed by atoms with Crippen molar-refractivity contribution in [2.24, 2.45) is 28.5 Å². The lowest BCUT2D eigenvalue weighted by atomic mass is 9.89. The highest BCUT2D eigenvalue weighted by molar-refractivity contribution is 5.79. The minimum atomic E-state index is -0.0952. The van der Waals surface area contributed by atoms with E-state index in [4.69, 9.17) is 15.3 Å². The van der Waals surface area contributed by atoms with Gasteiger partial charge in [-0.1, -0.05) is 26.0 Å². The summed E-state index contributed by atoms with van der Waals surface area (Å²) < 4.78 is 5.99. The van der Waals surface area contributed by atoms with Gasteiger partial charge in [-0.15, -0.1) is 5.48 Å². The molecule has 3 atom stereocenters. The number of nitrogens with two attached hydrogens (primary N) is 1. The molecule has 1 aromatic rings. The average molecular weight is 470 g/mol. The van der Waals surface area contributed by atoms with E-state index in [9.17, 15) is 4.79 Å². The van der Waals surface area contributed by atoms with Crippen molar-refractivity contribution in [2.75, 3.05) is 32.8 Å². The van der Waals surface area contributed by atoms with Crippen LogP contribution in [0.15, 0.2) is 29.3 Å². The Balaban J connectivity index is 1.02. The van der Waals surface area contributed by atoms with Gasteiger partial charge in [0.1, 0.15) is 11.9 Å². The molecule has 3 unspecified atom stereocenters. The van der Waals surface area contributed by atoms with Crippen LogP contribution in [0.5, 0.6) is 5.75 Å². The Kier molecular flexibility index (Phi) is 6.71. The average Bonchev–Trinajstić information content (AvgIpc) is 3.21. The summed E-state index contributed by atoms with van der Waals surface area (Å²) in [5.74, 6) is 2.73. The fourth-order valence-electron chi connectivity index (χ4n) is 5.40. The lowest BCUT2D eigenvalue weighted by Crippen LogP contribution is -2.42. The van der Waals surface area contributed by atoms with E-state index in [1.807, 2.05) is 29.2 Å². The van der Waals surface area contributed by atoms with Gasteiger partial charge < -0.3 is 25.1 Å². The maximum Gasteiger partial charge on any atom is 0.309 e. The molecule has 8 heteroatoms. The second kappa shape index (κ2) is 9.74. The van der Waals surface area contributed by atoms with Crippen LogP contribution in [0.25, 0.3) is 0 Å². The number of amidine groups is 1. The minimum Gasteiger partial charge on any atom is -0.494 e. The molecule has 3 heterocycles. The summed E-state index contributed by atoms with van der Waals surface area (Å²) in [5, 5.41) is 0. The van der Waals surface area contributed by atoms with Gasteiger partial charge in [0, 0.05) is 31.7 Å². The van der Waals surface area contributed by atoms with Crippen molar-refractivity contribution < 1.29 is 14.4 Å². The van der Waals surface area contributed by atoms with Gasteiger partial charge >= 0.3 is 6.02 Å². The van der Waals surface area contributed by atoms with Gasteiger partial charge in [-0.3, -0.25) is 4.79 Å². The molecule has 1 aliphatic carbocycles. The number of carbonyl (C=O) groups excluding carboxylic acids is 1. The first kappa shape index (κ1) is 23.4. The van der Waals surface area contributed by atoms with Crippen molar-refractivity contribution in [3.05, 3.63) is 29.8 Å². The molecule has 0 bridgehead atoms. The molecule has 0 spiro atoms. The van der Waals surface area contributed by atoms with Gasteiger partial charge in [-0.2, -0.15) is 0 Å². The van der Waals surface area contributed by atoms with Crippen LogP contribution in [0, 0.1) is 17.8 Å². The van der Waals surface area contributed by atoms with E-state index < -0.39 is 0 Å². The summed E-state index contributed by atoms with van der Waals surface area (Å²) in [6, 6.07) is 8.67. The van der Waals surface area contributed by atoms with Gasteiger partial charge in [0.2, 0.25) is 5.91 Å². The van der Waals surface area contributed by atoms with Gasteiger partial charge in [0.05, 0.1) is 13.0 Å². The molecule has 0 aromatic heterocycles. The predicted molar refractivity (Wildman–Crippen MR) is 131 cm³/mol. The van der Waals surface area contributed by atoms with Crippen LogP contribution in [-0.2, 0) is 16.1 Å². The number of benzene rings is 1. The fourth-order valence-corrected chi connectivity index (χ4v) is 5.40. The molecule has 3 aliphatic heterocycles. The molecular formula is C26H39N5O3. The smallest absolute Gasteiger partial charge is 0.309 e. The third kappa shape index (κ3) is 5.18. The van der Waals surface area contributed by atoms with E-state index in [1.54, 1.807) is 0 Å². The Morgan fingerprint density at radius 1 is 1.24 bits per heavy atom. The van der Waals surface area contributed by atoms with Crippen LogP contribution in [0.1, 0.15) is 51.5 Å². The van der Waals surface area contributed by atoms with Crippen LogP contribution in [0.3, 0.4) is 0 Å². The highest BCUT2D eigenvalue weighted by Gasteiger charge is 2.54. The van der Waals surface area contributed by atoms with Crippen molar-refractivity contribution in [3.63, 3.8) is 0 Å². The zero-order chi connectivity index (χ0) is 23.7. The molecule has 186 valence electrons. The van der Waals surface area contributed by atoms with Gasteiger partial charge in [-0.05, 0) is 67.6 Å². The van der Waals surface area contributed by atoms with Crippen molar-refractivity contribution in [3.8, 4) is 5.75 Å². The first-order valence-electron chi connectivity index (χ1n) is 12.9. The zero-order valence-corrected chi connectivity index (χ0v) is 20.5. The number of ether oxygens (including phenoxy) is 1. The van der Waals surface area contributed by atoms with Crippen molar-refractivity contribution in [1.29, 1.82) is 0 Å². The largest absolute Gasteiger partial charge is 0.494 e. The van der Waals surface area contributed by atoms with Crippen molar-refractivity contribution in [1.82, 2.24) is 15.3 Å². The maximum atomic E-state index is 12.1. The van der Waals surface area contributed by atoms with Crippen molar-refractivity contribution in [2.45, 2.75) is 64.1 Å². The van der Waals surface area contributed by atoms with Gasteiger partial charge in [0.25, 0.3) is 0 Å². The summed E-state index contributed by atoms with van der Waals surface area (Å²) in [6.07, 6.45) is 5.89. The summed E-state index contributed by atoms with van der Waals surface area (Å²) in [5.41, 5.74) is 10.7. The number of aliphatic imine (C=N–C) groups is 1. The van der Waals surface area contributed by atoms with Crippen LogP contribution < -0.4 is 16.0 Å². The van der Waals surface area contributed by atoms with E-state index in [0.717, 1.165) is 75.6 Å². The molecular weight excluding hydrogens is 430 g/mol. The number of hydroxylamine groups is 1. The molecule has 3 N–H and O–H groups in total. The molecule has 1 amide bonds. The highest BCUT2D eigenvalue weighted by atomic mass is 16.7. The number of nitrogens with one attached hydrogen (secondary N) is 1. The maximum absolute atomic E-state index is 12.1. The van der Waals surface area contributed by atoms with Crippen LogP contribution in [-0.4, -0.2) is 66.2 Å². The van der Waals surface area contributed by atoms with Gasteiger partial charge in [0.15, 0.2) is 0 Å². The molecule has 1 aromatic carbocycles. The van der Waals surface area contributed by atoms with Crippen molar-refractivity contribution >= 4 is 11.9 Å². The van der Waals surface area contributed by atoms with E-state index in [2.05, 4.69) is 29.2 Å². The normalized spacial score (nSPS) is 29.0. The van der Waals surface area contributed by atoms with E-state index >= 15 is 0 Å². The molecule has 0 radical (unpaired) electrons. The summed E-state index contributed by atoms with van der Waals surface area (Å²) >= 11 is 0. The predicted octanol–water partition coefficient (Wildman–Crippen LogP) is 2.53. The Morgan fingerprint density at radius 2 is 1.97 bits per heavy atom. The fraction of sp³-hybridized carbons (Fsp3) is 0.692. The van der Waals surface area contributed by atoms with E-state index in [1.165, 1.54) is 0 Å². The number of carbonyl (C=O) groups is 1. The third-order valence-electron chi connectivity index (χ3n) is 8.03. The number of piperidine rings is 1. The summed E-state index contributed by atoms with van der Waals surface area (Å²) in [6.45, 7) is 8.68. The van der Waals surface area contributed by atoms with Gasteiger partial charge in [-0.25, -0.2) is 4.99 Å². The summed E-state index contributed by atoms with van der Waals surface area (Å²) in [4.78, 5) is 26.6.